The molecule has 0 amide bonds. The maximum Gasteiger partial charge on any atom is 0.123 e. The summed E-state index contributed by atoms with van der Waals surface area (Å²) >= 11 is 0. The Morgan fingerprint density at radius 3 is 2.67 bits per heavy atom. The van der Waals surface area contributed by atoms with Crippen molar-refractivity contribution in [2.24, 2.45) is 0 Å². The number of aryl methyl sites for hydroxylation is 1. The van der Waals surface area contributed by atoms with Crippen molar-refractivity contribution in [2.75, 3.05) is 13.6 Å². The third kappa shape index (κ3) is 2.80. The predicted octanol–water partition coefficient (Wildman–Crippen LogP) is 5.59. The molecule has 0 N–H and O–H groups in total. The highest BCUT2D eigenvalue weighted by Gasteiger charge is 2.34. The van der Waals surface area contributed by atoms with Crippen molar-refractivity contribution in [3.8, 4) is 0 Å². The number of hydrogen-bond donors (Lipinski definition) is 0. The van der Waals surface area contributed by atoms with Gasteiger partial charge in [0.2, 0.25) is 0 Å². The zero-order chi connectivity index (χ0) is 18.5. The first-order valence-corrected chi connectivity index (χ1v) is 10.2. The lowest BCUT2D eigenvalue weighted by molar-refractivity contribution is 0.305. The van der Waals surface area contributed by atoms with E-state index in [2.05, 4.69) is 41.6 Å². The van der Waals surface area contributed by atoms with Gasteiger partial charge in [-0.15, -0.1) is 0 Å². The molecule has 0 saturated heterocycles. The zero-order valence-electron chi connectivity index (χ0n) is 16.2. The molecule has 2 nitrogen and oxygen atoms in total. The highest BCUT2D eigenvalue weighted by atomic mass is 19.1. The fourth-order valence-electron chi connectivity index (χ4n) is 5.37. The molecule has 0 unspecified atom stereocenters. The van der Waals surface area contributed by atoms with E-state index >= 15 is 0 Å². The van der Waals surface area contributed by atoms with Gasteiger partial charge in [-0.05, 0) is 62.2 Å². The van der Waals surface area contributed by atoms with Gasteiger partial charge < -0.3 is 9.47 Å². The van der Waals surface area contributed by atoms with Crippen molar-refractivity contribution in [3.63, 3.8) is 0 Å². The van der Waals surface area contributed by atoms with Crippen molar-refractivity contribution < 1.29 is 4.39 Å². The summed E-state index contributed by atoms with van der Waals surface area (Å²) < 4.78 is 16.1. The summed E-state index contributed by atoms with van der Waals surface area (Å²) in [5.74, 6) is 0.335. The fourth-order valence-corrected chi connectivity index (χ4v) is 5.37. The van der Waals surface area contributed by atoms with Crippen molar-refractivity contribution in [3.05, 3.63) is 70.7 Å². The molecule has 2 heterocycles. The molecule has 2 atom stereocenters. The lowest BCUT2D eigenvalue weighted by atomic mass is 9.93. The van der Waals surface area contributed by atoms with Gasteiger partial charge in [0.15, 0.2) is 0 Å². The first-order chi connectivity index (χ1) is 13.1. The minimum absolute atomic E-state index is 0.143. The maximum absolute atomic E-state index is 13.4. The van der Waals surface area contributed by atoms with Crippen LogP contribution in [0.1, 0.15) is 53.6 Å². The molecule has 2 aliphatic rings. The van der Waals surface area contributed by atoms with Crippen LogP contribution in [0.3, 0.4) is 0 Å². The molecule has 27 heavy (non-hydrogen) atoms. The van der Waals surface area contributed by atoms with Gasteiger partial charge in [0.1, 0.15) is 5.82 Å². The van der Waals surface area contributed by atoms with E-state index in [-0.39, 0.29) is 5.82 Å². The van der Waals surface area contributed by atoms with Crippen LogP contribution in [0, 0.1) is 12.7 Å². The quantitative estimate of drug-likeness (QED) is 0.577. The highest BCUT2D eigenvalue weighted by molar-refractivity contribution is 5.86. The van der Waals surface area contributed by atoms with Gasteiger partial charge in [-0.1, -0.05) is 30.2 Å². The van der Waals surface area contributed by atoms with Gasteiger partial charge in [0.05, 0.1) is 0 Å². The summed E-state index contributed by atoms with van der Waals surface area (Å²) in [5.41, 5.74) is 7.06. The number of aromatic nitrogens is 1. The minimum Gasteiger partial charge on any atom is -0.341 e. The molecule has 140 valence electrons. The van der Waals surface area contributed by atoms with Crippen LogP contribution in [0.2, 0.25) is 0 Å². The second kappa shape index (κ2) is 6.49. The Balaban J connectivity index is 1.67. The second-order valence-electron chi connectivity index (χ2n) is 8.46. The summed E-state index contributed by atoms with van der Waals surface area (Å²) in [5, 5.41) is 1.43. The van der Waals surface area contributed by atoms with Gasteiger partial charge in [-0.3, -0.25) is 0 Å². The Kier molecular flexibility index (Phi) is 4.08. The molecule has 5 rings (SSSR count). The van der Waals surface area contributed by atoms with E-state index in [9.17, 15) is 4.39 Å². The Morgan fingerprint density at radius 2 is 1.85 bits per heavy atom. The number of nitrogens with zero attached hydrogens (tertiary/aromatic N) is 2. The second-order valence-corrected chi connectivity index (χ2v) is 8.46. The van der Waals surface area contributed by atoms with Crippen LogP contribution in [0.5, 0.6) is 0 Å². The van der Waals surface area contributed by atoms with Crippen molar-refractivity contribution in [2.45, 2.75) is 51.1 Å². The van der Waals surface area contributed by atoms with Crippen molar-refractivity contribution in [1.82, 2.24) is 9.47 Å². The third-order valence-electron chi connectivity index (χ3n) is 6.64. The molecular weight excluding hydrogens is 335 g/mol. The van der Waals surface area contributed by atoms with E-state index in [1.165, 1.54) is 52.5 Å². The molecule has 3 heteroatoms. The number of rotatable bonds is 2. The molecule has 0 radical (unpaired) electrons. The molecule has 0 bridgehead atoms. The van der Waals surface area contributed by atoms with E-state index in [4.69, 9.17) is 0 Å². The summed E-state index contributed by atoms with van der Waals surface area (Å²) in [6.07, 6.45) is 4.76. The SMILES string of the molecule is Cc1ccc2c(c1)c1c(n2[C@@H]2CCC[C@H]2c2ccc(F)cc2)CCN(C)C1. The molecule has 2 aromatic carbocycles. The molecule has 0 spiro atoms. The van der Waals surface area contributed by atoms with E-state index in [1.807, 2.05) is 12.1 Å². The first kappa shape index (κ1) is 17.0. The van der Waals surface area contributed by atoms with Crippen LogP contribution >= 0.6 is 0 Å². The Labute approximate surface area is 160 Å². The number of hydrogen-bond acceptors (Lipinski definition) is 1. The number of fused-ring (bicyclic) bond motifs is 3. The van der Waals surface area contributed by atoms with Gasteiger partial charge in [-0.2, -0.15) is 0 Å². The largest absolute Gasteiger partial charge is 0.341 e. The van der Waals surface area contributed by atoms with E-state index in [0.717, 1.165) is 19.5 Å². The van der Waals surface area contributed by atoms with Crippen LogP contribution in [-0.4, -0.2) is 23.1 Å². The Hall–Kier alpha value is -2.13. The Morgan fingerprint density at radius 1 is 1.04 bits per heavy atom. The van der Waals surface area contributed by atoms with Crippen LogP contribution in [0.4, 0.5) is 4.39 Å². The van der Waals surface area contributed by atoms with Crippen LogP contribution in [0.25, 0.3) is 10.9 Å². The Bertz CT molecular complexity index is 986. The maximum atomic E-state index is 13.4. The van der Waals surface area contributed by atoms with E-state index in [0.29, 0.717) is 12.0 Å². The van der Waals surface area contributed by atoms with Gasteiger partial charge in [-0.25, -0.2) is 4.39 Å². The zero-order valence-corrected chi connectivity index (χ0v) is 16.2. The van der Waals surface area contributed by atoms with E-state index in [1.54, 1.807) is 12.1 Å². The lowest BCUT2D eigenvalue weighted by Crippen LogP contribution is -2.28. The van der Waals surface area contributed by atoms with Gasteiger partial charge >= 0.3 is 0 Å². The molecule has 1 aromatic heterocycles. The number of likely N-dealkylation sites (N-methyl/N-ethyl adjacent to an activating group) is 1. The molecule has 1 fully saturated rings. The molecule has 1 aliphatic heterocycles. The molecule has 1 saturated carbocycles. The standard InChI is InChI=1S/C24H27FN2/c1-16-6-11-23-20(14-16)21-15-26(2)13-12-24(21)27(23)22-5-3-4-19(22)17-7-9-18(25)10-8-17/h6-11,14,19,22H,3-5,12-13,15H2,1-2H3/t19-,22+/m0/s1. The average Bonchev–Trinajstić information content (AvgIpc) is 3.24. The number of benzene rings is 2. The van der Waals surface area contributed by atoms with Crippen LogP contribution in [0.15, 0.2) is 42.5 Å². The van der Waals surface area contributed by atoms with Crippen molar-refractivity contribution in [1.29, 1.82) is 0 Å². The minimum atomic E-state index is -0.143. The molecule has 3 aromatic rings. The normalized spacial score (nSPS) is 23.1. The molecule has 1 aliphatic carbocycles. The predicted molar refractivity (Wildman–Crippen MR) is 109 cm³/mol. The number of halogens is 1. The topological polar surface area (TPSA) is 8.17 Å². The first-order valence-electron chi connectivity index (χ1n) is 10.2. The smallest absolute Gasteiger partial charge is 0.123 e. The monoisotopic (exact) mass is 362 g/mol. The van der Waals surface area contributed by atoms with Crippen LogP contribution in [-0.2, 0) is 13.0 Å². The average molecular weight is 362 g/mol. The summed E-state index contributed by atoms with van der Waals surface area (Å²) in [6, 6.07) is 14.6. The summed E-state index contributed by atoms with van der Waals surface area (Å²) in [6.45, 7) is 4.35. The van der Waals surface area contributed by atoms with Gasteiger partial charge in [0, 0.05) is 48.1 Å². The van der Waals surface area contributed by atoms with Gasteiger partial charge in [0.25, 0.3) is 0 Å². The van der Waals surface area contributed by atoms with Crippen molar-refractivity contribution >= 4 is 10.9 Å². The summed E-state index contributed by atoms with van der Waals surface area (Å²) in [7, 11) is 2.22. The molecular formula is C24H27FN2. The fraction of sp³-hybridized carbons (Fsp3) is 0.417. The third-order valence-corrected chi connectivity index (χ3v) is 6.64. The van der Waals surface area contributed by atoms with Crippen LogP contribution < -0.4 is 0 Å². The summed E-state index contributed by atoms with van der Waals surface area (Å²) in [4.78, 5) is 2.43. The van der Waals surface area contributed by atoms with E-state index < -0.39 is 0 Å². The lowest BCUT2D eigenvalue weighted by Gasteiger charge is -2.29. The highest BCUT2D eigenvalue weighted by Crippen LogP contribution is 2.46.